The molecule has 0 amide bonds. The van der Waals surface area contributed by atoms with Crippen LogP contribution in [0.15, 0.2) is 36.7 Å². The van der Waals surface area contributed by atoms with Gasteiger partial charge in [-0.15, -0.1) is 0 Å². The van der Waals surface area contributed by atoms with E-state index in [4.69, 9.17) is 12.2 Å². The molecule has 0 fully saturated rings. The molecule has 0 unspecified atom stereocenters. The van der Waals surface area contributed by atoms with Crippen LogP contribution in [0.5, 0.6) is 0 Å². The number of halogens is 1. The second-order valence-corrected chi connectivity index (χ2v) is 4.73. The number of para-hydroxylation sites is 1. The van der Waals surface area contributed by atoms with Crippen molar-refractivity contribution in [1.29, 1.82) is 0 Å². The highest BCUT2D eigenvalue weighted by molar-refractivity contribution is 7.71. The topological polar surface area (TPSA) is 38.5 Å². The molecular formula is C13H13FN4S. The summed E-state index contributed by atoms with van der Waals surface area (Å²) in [5.41, 5.74) is 1.29. The van der Waals surface area contributed by atoms with Crippen LogP contribution in [0.2, 0.25) is 0 Å². The predicted octanol–water partition coefficient (Wildman–Crippen LogP) is 3.12. The highest BCUT2D eigenvalue weighted by Crippen LogP contribution is 2.17. The molecule has 0 aliphatic carbocycles. The summed E-state index contributed by atoms with van der Waals surface area (Å²) in [6.45, 7) is 1.55. The molecule has 98 valence electrons. The molecule has 19 heavy (non-hydrogen) atoms. The van der Waals surface area contributed by atoms with Crippen molar-refractivity contribution in [3.8, 4) is 0 Å². The standard InChI is InChI=1S/C13H13FN4S/c14-10-4-1-5-11-12(10)16-13(19)18(11)9-3-8-17-7-2-6-15-17/h1-2,4-7H,3,8-9H2,(H,16,19). The minimum atomic E-state index is -0.269. The lowest BCUT2D eigenvalue weighted by molar-refractivity contribution is 0.530. The Morgan fingerprint density at radius 2 is 2.16 bits per heavy atom. The number of H-pyrrole nitrogens is 1. The molecule has 2 aromatic heterocycles. The molecule has 0 aliphatic rings. The maximum absolute atomic E-state index is 13.6. The Balaban J connectivity index is 1.83. The zero-order chi connectivity index (χ0) is 13.2. The summed E-state index contributed by atoms with van der Waals surface area (Å²) < 4.78 is 18.0. The lowest BCUT2D eigenvalue weighted by Crippen LogP contribution is -2.04. The fourth-order valence-corrected chi connectivity index (χ4v) is 2.48. The summed E-state index contributed by atoms with van der Waals surface area (Å²) in [6, 6.07) is 6.90. The summed E-state index contributed by atoms with van der Waals surface area (Å²) in [5, 5.41) is 4.15. The molecule has 0 atom stereocenters. The number of aromatic amines is 1. The maximum atomic E-state index is 13.6. The molecule has 6 heteroatoms. The van der Waals surface area contributed by atoms with Crippen LogP contribution in [-0.2, 0) is 13.1 Å². The number of aryl methyl sites for hydroxylation is 2. The lowest BCUT2D eigenvalue weighted by atomic mass is 10.3. The van der Waals surface area contributed by atoms with Gasteiger partial charge in [-0.1, -0.05) is 6.07 Å². The number of hydrogen-bond acceptors (Lipinski definition) is 2. The van der Waals surface area contributed by atoms with Crippen LogP contribution in [0.4, 0.5) is 4.39 Å². The predicted molar refractivity (Wildman–Crippen MR) is 73.9 cm³/mol. The van der Waals surface area contributed by atoms with Crippen molar-refractivity contribution in [3.63, 3.8) is 0 Å². The van der Waals surface area contributed by atoms with E-state index in [1.807, 2.05) is 27.6 Å². The SMILES string of the molecule is Fc1cccc2c1[nH]c(=S)n2CCCn1cccn1. The Labute approximate surface area is 114 Å². The van der Waals surface area contributed by atoms with E-state index in [0.29, 0.717) is 10.3 Å². The van der Waals surface area contributed by atoms with Crippen molar-refractivity contribution >= 4 is 23.3 Å². The van der Waals surface area contributed by atoms with Gasteiger partial charge in [-0.25, -0.2) is 4.39 Å². The molecule has 4 nitrogen and oxygen atoms in total. The van der Waals surface area contributed by atoms with E-state index < -0.39 is 0 Å². The number of nitrogens with one attached hydrogen (secondary N) is 1. The minimum Gasteiger partial charge on any atom is -0.328 e. The van der Waals surface area contributed by atoms with Crippen LogP contribution in [0.3, 0.4) is 0 Å². The Morgan fingerprint density at radius 3 is 2.95 bits per heavy atom. The minimum absolute atomic E-state index is 0.269. The van der Waals surface area contributed by atoms with Crippen LogP contribution >= 0.6 is 12.2 Å². The van der Waals surface area contributed by atoms with Gasteiger partial charge in [0.15, 0.2) is 4.77 Å². The van der Waals surface area contributed by atoms with E-state index >= 15 is 0 Å². The number of nitrogens with zero attached hydrogens (tertiary/aromatic N) is 3. The van der Waals surface area contributed by atoms with E-state index in [2.05, 4.69) is 10.1 Å². The first-order valence-corrected chi connectivity index (χ1v) is 6.51. The maximum Gasteiger partial charge on any atom is 0.178 e. The third-order valence-corrected chi connectivity index (χ3v) is 3.41. The number of imidazole rings is 1. The molecule has 0 spiro atoms. The molecule has 0 aliphatic heterocycles. The Bertz CT molecular complexity index is 742. The second-order valence-electron chi connectivity index (χ2n) is 4.34. The van der Waals surface area contributed by atoms with E-state index in [-0.39, 0.29) is 5.82 Å². The smallest absolute Gasteiger partial charge is 0.178 e. The van der Waals surface area contributed by atoms with Gasteiger partial charge >= 0.3 is 0 Å². The van der Waals surface area contributed by atoms with Gasteiger partial charge in [-0.3, -0.25) is 4.68 Å². The first kappa shape index (κ1) is 12.1. The number of rotatable bonds is 4. The molecule has 0 bridgehead atoms. The molecule has 1 N–H and O–H groups in total. The van der Waals surface area contributed by atoms with Crippen molar-refractivity contribution in [2.24, 2.45) is 0 Å². The largest absolute Gasteiger partial charge is 0.328 e. The van der Waals surface area contributed by atoms with Crippen molar-refractivity contribution in [2.75, 3.05) is 0 Å². The van der Waals surface area contributed by atoms with E-state index in [1.54, 1.807) is 12.3 Å². The molecular weight excluding hydrogens is 263 g/mol. The normalized spacial score (nSPS) is 11.2. The summed E-state index contributed by atoms with van der Waals surface area (Å²) >= 11 is 5.24. The Hall–Kier alpha value is -1.95. The number of fused-ring (bicyclic) bond motifs is 1. The van der Waals surface area contributed by atoms with Crippen LogP contribution < -0.4 is 0 Å². The molecule has 3 aromatic rings. The number of benzene rings is 1. The third kappa shape index (κ3) is 2.31. The fraction of sp³-hybridized carbons (Fsp3) is 0.231. The highest BCUT2D eigenvalue weighted by Gasteiger charge is 2.07. The molecule has 3 rings (SSSR count). The molecule has 0 radical (unpaired) electrons. The average molecular weight is 276 g/mol. The third-order valence-electron chi connectivity index (χ3n) is 3.09. The number of aromatic nitrogens is 4. The van der Waals surface area contributed by atoms with E-state index in [0.717, 1.165) is 25.0 Å². The quantitative estimate of drug-likeness (QED) is 0.744. The lowest BCUT2D eigenvalue weighted by Gasteiger charge is -2.05. The molecule has 2 heterocycles. The van der Waals surface area contributed by atoms with Gasteiger partial charge in [0.1, 0.15) is 11.3 Å². The van der Waals surface area contributed by atoms with Crippen molar-refractivity contribution in [2.45, 2.75) is 19.5 Å². The Morgan fingerprint density at radius 1 is 1.26 bits per heavy atom. The molecule has 1 aromatic carbocycles. The first-order valence-electron chi connectivity index (χ1n) is 6.10. The Kier molecular flexibility index (Phi) is 3.16. The molecule has 0 saturated carbocycles. The van der Waals surface area contributed by atoms with Crippen LogP contribution in [0.25, 0.3) is 11.0 Å². The van der Waals surface area contributed by atoms with Gasteiger partial charge in [-0.2, -0.15) is 5.10 Å². The first-order chi connectivity index (χ1) is 9.25. The average Bonchev–Trinajstić information content (AvgIpc) is 3.00. The van der Waals surface area contributed by atoms with Crippen molar-refractivity contribution in [1.82, 2.24) is 19.3 Å². The van der Waals surface area contributed by atoms with Gasteiger partial charge in [0.2, 0.25) is 0 Å². The van der Waals surface area contributed by atoms with Gasteiger partial charge in [-0.05, 0) is 36.8 Å². The van der Waals surface area contributed by atoms with Gasteiger partial charge in [0.05, 0.1) is 5.52 Å². The van der Waals surface area contributed by atoms with Crippen LogP contribution in [0, 0.1) is 10.6 Å². The zero-order valence-electron chi connectivity index (χ0n) is 10.2. The number of hydrogen-bond donors (Lipinski definition) is 1. The highest BCUT2D eigenvalue weighted by atomic mass is 32.1. The summed E-state index contributed by atoms with van der Waals surface area (Å²) in [7, 11) is 0. The summed E-state index contributed by atoms with van der Waals surface area (Å²) in [4.78, 5) is 2.92. The fourth-order valence-electron chi connectivity index (χ4n) is 2.19. The van der Waals surface area contributed by atoms with Gasteiger partial charge in [0, 0.05) is 25.5 Å². The van der Waals surface area contributed by atoms with E-state index in [1.165, 1.54) is 6.07 Å². The zero-order valence-corrected chi connectivity index (χ0v) is 11.0. The van der Waals surface area contributed by atoms with Crippen LogP contribution in [-0.4, -0.2) is 19.3 Å². The van der Waals surface area contributed by atoms with Gasteiger partial charge < -0.3 is 9.55 Å². The van der Waals surface area contributed by atoms with Gasteiger partial charge in [0.25, 0.3) is 0 Å². The van der Waals surface area contributed by atoms with Crippen molar-refractivity contribution in [3.05, 3.63) is 47.2 Å². The second kappa shape index (κ2) is 4.97. The summed E-state index contributed by atoms with van der Waals surface area (Å²) in [5.74, 6) is -0.269. The molecule has 0 saturated heterocycles. The van der Waals surface area contributed by atoms with Crippen molar-refractivity contribution < 1.29 is 4.39 Å². The van der Waals surface area contributed by atoms with E-state index in [9.17, 15) is 4.39 Å². The van der Waals surface area contributed by atoms with Crippen LogP contribution in [0.1, 0.15) is 6.42 Å². The monoisotopic (exact) mass is 276 g/mol. The summed E-state index contributed by atoms with van der Waals surface area (Å²) in [6.07, 6.45) is 4.57.